The number of imide groups is 1. The average molecular weight is 302 g/mol. The molecule has 7 heteroatoms. The van der Waals surface area contributed by atoms with Gasteiger partial charge >= 0.3 is 0 Å². The summed E-state index contributed by atoms with van der Waals surface area (Å²) in [4.78, 5) is 36.6. The van der Waals surface area contributed by atoms with Gasteiger partial charge in [-0.05, 0) is 24.6 Å². The van der Waals surface area contributed by atoms with Gasteiger partial charge in [0.25, 0.3) is 0 Å². The maximum Gasteiger partial charge on any atom is 0.249 e. The van der Waals surface area contributed by atoms with Gasteiger partial charge in [0.15, 0.2) is 0 Å². The van der Waals surface area contributed by atoms with Crippen LogP contribution in [0.5, 0.6) is 0 Å². The molecule has 0 unspecified atom stereocenters. The zero-order valence-electron chi connectivity index (χ0n) is 12.1. The number of piperidine rings is 1. The summed E-state index contributed by atoms with van der Waals surface area (Å²) in [5.74, 6) is -0.507. The number of amides is 3. The molecule has 2 saturated heterocycles. The molecule has 0 aliphatic carbocycles. The van der Waals surface area contributed by atoms with E-state index in [1.807, 2.05) is 24.3 Å². The smallest absolute Gasteiger partial charge is 0.249 e. The zero-order chi connectivity index (χ0) is 15.5. The van der Waals surface area contributed by atoms with Crippen LogP contribution in [0.15, 0.2) is 24.3 Å². The van der Waals surface area contributed by atoms with E-state index in [4.69, 9.17) is 0 Å². The summed E-state index contributed by atoms with van der Waals surface area (Å²) >= 11 is 0. The lowest BCUT2D eigenvalue weighted by atomic mass is 10.1. The first-order chi connectivity index (χ1) is 10.6. The highest BCUT2D eigenvalue weighted by Gasteiger charge is 2.26. The minimum atomic E-state index is -0.424. The number of carbonyl (C=O) groups is 3. The average Bonchev–Trinajstić information content (AvgIpc) is 2.51. The number of nitrogens with zero attached hydrogens (tertiary/aromatic N) is 1. The Balaban J connectivity index is 1.72. The number of hydrogen-bond acceptors (Lipinski definition) is 5. The van der Waals surface area contributed by atoms with E-state index in [2.05, 4.69) is 16.0 Å². The summed E-state index contributed by atoms with van der Waals surface area (Å²) in [7, 11) is 0. The van der Waals surface area contributed by atoms with Gasteiger partial charge in [-0.15, -0.1) is 0 Å². The molecule has 3 rings (SSSR count). The Hall–Kier alpha value is -2.41. The van der Waals surface area contributed by atoms with Crippen molar-refractivity contribution in [2.45, 2.75) is 18.9 Å². The van der Waals surface area contributed by atoms with Gasteiger partial charge in [0.2, 0.25) is 17.7 Å². The molecule has 116 valence electrons. The summed E-state index contributed by atoms with van der Waals surface area (Å²) in [6, 6.07) is 7.00. The fourth-order valence-corrected chi connectivity index (χ4v) is 2.68. The second-order valence-electron chi connectivity index (χ2n) is 5.42. The van der Waals surface area contributed by atoms with E-state index in [9.17, 15) is 14.4 Å². The molecule has 0 spiro atoms. The first kappa shape index (κ1) is 14.5. The molecular formula is C15H18N4O3. The lowest BCUT2D eigenvalue weighted by Gasteiger charge is -2.28. The molecule has 0 bridgehead atoms. The van der Waals surface area contributed by atoms with Crippen LogP contribution in [0, 0.1) is 0 Å². The molecule has 1 aromatic carbocycles. The van der Waals surface area contributed by atoms with Gasteiger partial charge in [-0.1, -0.05) is 6.07 Å². The summed E-state index contributed by atoms with van der Waals surface area (Å²) in [5.41, 5.74) is 1.57. The zero-order valence-corrected chi connectivity index (χ0v) is 12.1. The Morgan fingerprint density at radius 3 is 2.86 bits per heavy atom. The van der Waals surface area contributed by atoms with Gasteiger partial charge < -0.3 is 15.5 Å². The van der Waals surface area contributed by atoms with Gasteiger partial charge in [-0.2, -0.15) is 0 Å². The molecular weight excluding hydrogens is 284 g/mol. The maximum absolute atomic E-state index is 11.9. The Labute approximate surface area is 128 Å². The number of nitrogens with one attached hydrogen (secondary N) is 3. The van der Waals surface area contributed by atoms with Crippen molar-refractivity contribution in [1.82, 2.24) is 10.6 Å². The van der Waals surface area contributed by atoms with Crippen LogP contribution in [0.4, 0.5) is 11.4 Å². The van der Waals surface area contributed by atoms with Crippen LogP contribution in [-0.4, -0.2) is 43.4 Å². The van der Waals surface area contributed by atoms with Gasteiger partial charge in [0.1, 0.15) is 6.04 Å². The highest BCUT2D eigenvalue weighted by molar-refractivity contribution is 6.01. The van der Waals surface area contributed by atoms with E-state index < -0.39 is 6.04 Å². The topological polar surface area (TPSA) is 90.5 Å². The molecule has 2 aliphatic heterocycles. The molecule has 22 heavy (non-hydrogen) atoms. The van der Waals surface area contributed by atoms with E-state index in [-0.39, 0.29) is 17.7 Å². The second-order valence-corrected chi connectivity index (χ2v) is 5.42. The van der Waals surface area contributed by atoms with E-state index in [1.165, 1.54) is 0 Å². The number of piperazine rings is 1. The van der Waals surface area contributed by atoms with Crippen molar-refractivity contribution in [1.29, 1.82) is 0 Å². The molecule has 2 heterocycles. The van der Waals surface area contributed by atoms with Crippen LogP contribution >= 0.6 is 0 Å². The van der Waals surface area contributed by atoms with Crippen molar-refractivity contribution in [2.75, 3.05) is 29.9 Å². The molecule has 0 saturated carbocycles. The Morgan fingerprint density at radius 2 is 2.09 bits per heavy atom. The van der Waals surface area contributed by atoms with Crippen molar-refractivity contribution in [3.8, 4) is 0 Å². The molecule has 3 N–H and O–H groups in total. The minimum Gasteiger partial charge on any atom is -0.374 e. The van der Waals surface area contributed by atoms with Crippen LogP contribution in [0.2, 0.25) is 0 Å². The van der Waals surface area contributed by atoms with Crippen molar-refractivity contribution < 1.29 is 14.4 Å². The highest BCUT2D eigenvalue weighted by Crippen LogP contribution is 2.22. The van der Waals surface area contributed by atoms with Crippen LogP contribution in [0.25, 0.3) is 0 Å². The van der Waals surface area contributed by atoms with Crippen LogP contribution in [-0.2, 0) is 14.4 Å². The SMILES string of the molecule is O=C1CC[C@H](Nc2cccc(N3CCNCC3=O)c2)C(=O)N1. The van der Waals surface area contributed by atoms with Gasteiger partial charge in [-0.25, -0.2) is 0 Å². The number of benzene rings is 1. The lowest BCUT2D eigenvalue weighted by Crippen LogP contribution is -2.48. The third-order valence-corrected chi connectivity index (χ3v) is 3.83. The summed E-state index contributed by atoms with van der Waals surface area (Å²) in [6.45, 7) is 1.72. The van der Waals surface area contributed by atoms with Crippen LogP contribution < -0.4 is 20.9 Å². The standard InChI is InChI=1S/C15H18N4O3/c20-13-5-4-12(15(22)18-13)17-10-2-1-3-11(8-10)19-7-6-16-9-14(19)21/h1-3,8,12,16-17H,4-7,9H2,(H,18,20,22)/t12-/m0/s1. The molecule has 1 atom stereocenters. The molecule has 1 aromatic rings. The molecule has 2 fully saturated rings. The predicted molar refractivity (Wildman–Crippen MR) is 81.5 cm³/mol. The number of carbonyl (C=O) groups excluding carboxylic acids is 3. The van der Waals surface area contributed by atoms with Crippen LogP contribution in [0.1, 0.15) is 12.8 Å². The summed E-state index contributed by atoms with van der Waals surface area (Å²) in [6.07, 6.45) is 0.806. The third kappa shape index (κ3) is 3.09. The molecule has 0 radical (unpaired) electrons. The highest BCUT2D eigenvalue weighted by atomic mass is 16.2. The molecule has 3 amide bonds. The van der Waals surface area contributed by atoms with Crippen molar-refractivity contribution in [3.63, 3.8) is 0 Å². The lowest BCUT2D eigenvalue weighted by molar-refractivity contribution is -0.133. The first-order valence-corrected chi connectivity index (χ1v) is 7.35. The van der Waals surface area contributed by atoms with Crippen molar-refractivity contribution in [3.05, 3.63) is 24.3 Å². The summed E-state index contributed by atoms with van der Waals surface area (Å²) < 4.78 is 0. The fraction of sp³-hybridized carbons (Fsp3) is 0.400. The van der Waals surface area contributed by atoms with Crippen LogP contribution in [0.3, 0.4) is 0 Å². The molecule has 2 aliphatic rings. The molecule has 7 nitrogen and oxygen atoms in total. The number of anilines is 2. The largest absolute Gasteiger partial charge is 0.374 e. The van der Waals surface area contributed by atoms with Gasteiger partial charge in [-0.3, -0.25) is 19.7 Å². The van der Waals surface area contributed by atoms with Gasteiger partial charge in [0, 0.05) is 30.9 Å². The second kappa shape index (κ2) is 6.15. The number of hydrogen-bond donors (Lipinski definition) is 3. The maximum atomic E-state index is 11.9. The first-order valence-electron chi connectivity index (χ1n) is 7.35. The Bertz CT molecular complexity index is 617. The predicted octanol–water partition coefficient (Wildman–Crippen LogP) is -0.160. The normalized spacial score (nSPS) is 22.5. The third-order valence-electron chi connectivity index (χ3n) is 3.83. The van der Waals surface area contributed by atoms with E-state index in [0.29, 0.717) is 25.9 Å². The van der Waals surface area contributed by atoms with E-state index in [1.54, 1.807) is 4.90 Å². The quantitative estimate of drug-likeness (QED) is 0.675. The Kier molecular flexibility index (Phi) is 4.06. The number of rotatable bonds is 3. The van der Waals surface area contributed by atoms with Crippen molar-refractivity contribution >= 4 is 29.1 Å². The Morgan fingerprint density at radius 1 is 1.23 bits per heavy atom. The summed E-state index contributed by atoms with van der Waals surface area (Å²) in [5, 5.41) is 8.48. The van der Waals surface area contributed by atoms with Crippen molar-refractivity contribution in [2.24, 2.45) is 0 Å². The molecule has 0 aromatic heterocycles. The van der Waals surface area contributed by atoms with Gasteiger partial charge in [0.05, 0.1) is 6.54 Å². The monoisotopic (exact) mass is 302 g/mol. The minimum absolute atomic E-state index is 0.0319. The van der Waals surface area contributed by atoms with E-state index in [0.717, 1.165) is 17.9 Å². The fourth-order valence-electron chi connectivity index (χ4n) is 2.68. The van der Waals surface area contributed by atoms with E-state index >= 15 is 0 Å².